The molecule has 1 amide bonds. The maximum absolute atomic E-state index is 13.0. The first kappa shape index (κ1) is 16.0. The van der Waals surface area contributed by atoms with Crippen molar-refractivity contribution in [1.29, 1.82) is 0 Å². The van der Waals surface area contributed by atoms with E-state index in [1.165, 1.54) is 0 Å². The molecule has 1 N–H and O–H groups in total. The van der Waals surface area contributed by atoms with Crippen LogP contribution in [0.1, 0.15) is 28.2 Å². The Labute approximate surface area is 145 Å². The molecule has 132 valence electrons. The third-order valence-corrected chi connectivity index (χ3v) is 4.80. The number of amides is 1. The lowest BCUT2D eigenvalue weighted by molar-refractivity contribution is 0.0535. The van der Waals surface area contributed by atoms with Crippen molar-refractivity contribution in [3.63, 3.8) is 0 Å². The molecule has 0 fully saturated rings. The normalized spacial score (nSPS) is 19.3. The molecule has 0 aliphatic carbocycles. The van der Waals surface area contributed by atoms with Crippen LogP contribution in [0.3, 0.4) is 0 Å². The number of rotatable bonds is 2. The van der Waals surface area contributed by atoms with E-state index in [1.54, 1.807) is 29.4 Å². The molecular formula is C18H21N3O4. The summed E-state index contributed by atoms with van der Waals surface area (Å²) in [5.41, 5.74) is 2.48. The minimum Gasteiger partial charge on any atom is -0.490 e. The highest BCUT2D eigenvalue weighted by atomic mass is 16.5. The van der Waals surface area contributed by atoms with E-state index in [0.29, 0.717) is 43.2 Å². The number of aryl methyl sites for hydroxylation is 1. The zero-order chi connectivity index (χ0) is 17.4. The van der Waals surface area contributed by atoms with E-state index in [1.807, 2.05) is 11.6 Å². The molecule has 2 aliphatic heterocycles. The molecular weight excluding hydrogens is 322 g/mol. The second-order valence-electron chi connectivity index (χ2n) is 6.43. The summed E-state index contributed by atoms with van der Waals surface area (Å²) in [6, 6.07) is 4.99. The van der Waals surface area contributed by atoms with Crippen molar-refractivity contribution in [2.75, 3.05) is 19.8 Å². The van der Waals surface area contributed by atoms with Crippen LogP contribution < -0.4 is 9.47 Å². The van der Waals surface area contributed by atoms with Crippen molar-refractivity contribution >= 4 is 5.91 Å². The summed E-state index contributed by atoms with van der Waals surface area (Å²) >= 11 is 0. The SMILES string of the molecule is Cn1cnc2c1C[C@H](CO)N(C(=O)c1ccc3c(c1)OCCCO3)C2. The van der Waals surface area contributed by atoms with Gasteiger partial charge in [-0.05, 0) is 18.2 Å². The van der Waals surface area contributed by atoms with Crippen molar-refractivity contribution in [3.8, 4) is 11.5 Å². The van der Waals surface area contributed by atoms with Crippen molar-refractivity contribution in [3.05, 3.63) is 41.5 Å². The number of aliphatic hydroxyl groups excluding tert-OH is 1. The van der Waals surface area contributed by atoms with Crippen LogP contribution >= 0.6 is 0 Å². The van der Waals surface area contributed by atoms with Gasteiger partial charge in [0.15, 0.2) is 11.5 Å². The molecule has 7 heteroatoms. The smallest absolute Gasteiger partial charge is 0.254 e. The molecule has 0 radical (unpaired) electrons. The summed E-state index contributed by atoms with van der Waals surface area (Å²) in [5, 5.41) is 9.77. The van der Waals surface area contributed by atoms with Crippen LogP contribution in [0.4, 0.5) is 0 Å². The second kappa shape index (κ2) is 6.40. The number of aromatic nitrogens is 2. The summed E-state index contributed by atoms with van der Waals surface area (Å²) in [7, 11) is 1.93. The van der Waals surface area contributed by atoms with Crippen molar-refractivity contribution in [1.82, 2.24) is 14.5 Å². The fraction of sp³-hybridized carbons (Fsp3) is 0.444. The molecule has 25 heavy (non-hydrogen) atoms. The number of carbonyl (C=O) groups excluding carboxylic acids is 1. The molecule has 2 aliphatic rings. The maximum Gasteiger partial charge on any atom is 0.254 e. The summed E-state index contributed by atoms with van der Waals surface area (Å²) in [5.74, 6) is 1.13. The van der Waals surface area contributed by atoms with Crippen LogP contribution in [0, 0.1) is 0 Å². The van der Waals surface area contributed by atoms with E-state index < -0.39 is 0 Å². The van der Waals surface area contributed by atoms with Gasteiger partial charge in [-0.15, -0.1) is 0 Å². The first-order chi connectivity index (χ1) is 12.2. The number of ether oxygens (including phenoxy) is 2. The predicted octanol–water partition coefficient (Wildman–Crippen LogP) is 1.14. The Hall–Kier alpha value is -2.54. The van der Waals surface area contributed by atoms with Crippen molar-refractivity contribution in [2.45, 2.75) is 25.4 Å². The summed E-state index contributed by atoms with van der Waals surface area (Å²) in [4.78, 5) is 19.1. The van der Waals surface area contributed by atoms with E-state index in [-0.39, 0.29) is 18.6 Å². The van der Waals surface area contributed by atoms with Crippen LogP contribution in [0.2, 0.25) is 0 Å². The van der Waals surface area contributed by atoms with Crippen LogP contribution in [0.5, 0.6) is 11.5 Å². The predicted molar refractivity (Wildman–Crippen MR) is 89.7 cm³/mol. The highest BCUT2D eigenvalue weighted by Crippen LogP contribution is 2.32. The highest BCUT2D eigenvalue weighted by Gasteiger charge is 2.32. The third kappa shape index (κ3) is 2.84. The average molecular weight is 343 g/mol. The van der Waals surface area contributed by atoms with Gasteiger partial charge in [0.2, 0.25) is 0 Å². The topological polar surface area (TPSA) is 76.8 Å². The van der Waals surface area contributed by atoms with Crippen LogP contribution in [0.25, 0.3) is 0 Å². The van der Waals surface area contributed by atoms with E-state index in [0.717, 1.165) is 17.8 Å². The molecule has 1 atom stereocenters. The Morgan fingerprint density at radius 3 is 2.92 bits per heavy atom. The van der Waals surface area contributed by atoms with Gasteiger partial charge in [-0.2, -0.15) is 0 Å². The van der Waals surface area contributed by atoms with Gasteiger partial charge in [0.25, 0.3) is 5.91 Å². The van der Waals surface area contributed by atoms with Gasteiger partial charge in [-0.3, -0.25) is 4.79 Å². The quantitative estimate of drug-likeness (QED) is 0.885. The number of hydrogen-bond acceptors (Lipinski definition) is 5. The molecule has 0 bridgehead atoms. The van der Waals surface area contributed by atoms with Crippen LogP contribution in [-0.4, -0.2) is 51.3 Å². The Bertz CT molecular complexity index is 802. The van der Waals surface area contributed by atoms with Gasteiger partial charge < -0.3 is 24.0 Å². The number of imidazole rings is 1. The fourth-order valence-corrected chi connectivity index (χ4v) is 3.38. The molecule has 2 aromatic rings. The standard InChI is InChI=1S/C18H21N3O4/c1-20-11-19-14-9-21(13(10-22)8-15(14)20)18(23)12-3-4-16-17(7-12)25-6-2-5-24-16/h3-4,7,11,13,22H,2,5-6,8-10H2,1H3/t13-/m1/s1. The monoisotopic (exact) mass is 343 g/mol. The first-order valence-corrected chi connectivity index (χ1v) is 8.48. The Morgan fingerprint density at radius 1 is 1.32 bits per heavy atom. The van der Waals surface area contributed by atoms with Crippen LogP contribution in [-0.2, 0) is 20.0 Å². The van der Waals surface area contributed by atoms with E-state index in [4.69, 9.17) is 9.47 Å². The Morgan fingerprint density at radius 2 is 2.12 bits per heavy atom. The summed E-state index contributed by atoms with van der Waals surface area (Å²) in [6.07, 6.45) is 3.17. The molecule has 0 spiro atoms. The lowest BCUT2D eigenvalue weighted by atomic mass is 10.0. The lowest BCUT2D eigenvalue weighted by Crippen LogP contribution is -2.46. The molecule has 4 rings (SSSR count). The third-order valence-electron chi connectivity index (χ3n) is 4.80. The minimum absolute atomic E-state index is 0.0824. The minimum atomic E-state index is -0.258. The lowest BCUT2D eigenvalue weighted by Gasteiger charge is -2.34. The number of aliphatic hydroxyl groups is 1. The summed E-state index contributed by atoms with van der Waals surface area (Å²) < 4.78 is 13.2. The molecule has 3 heterocycles. The zero-order valence-electron chi connectivity index (χ0n) is 14.1. The molecule has 0 saturated carbocycles. The van der Waals surface area contributed by atoms with Gasteiger partial charge in [0.05, 0.1) is 44.4 Å². The Balaban J connectivity index is 1.63. The summed E-state index contributed by atoms with van der Waals surface area (Å²) in [6.45, 7) is 1.50. The van der Waals surface area contributed by atoms with Gasteiger partial charge in [0.1, 0.15) is 0 Å². The maximum atomic E-state index is 13.0. The zero-order valence-corrected chi connectivity index (χ0v) is 14.1. The number of hydrogen-bond donors (Lipinski definition) is 1. The van der Waals surface area contributed by atoms with Crippen molar-refractivity contribution in [2.24, 2.45) is 7.05 Å². The van der Waals surface area contributed by atoms with E-state index in [2.05, 4.69) is 4.98 Å². The molecule has 7 nitrogen and oxygen atoms in total. The van der Waals surface area contributed by atoms with Gasteiger partial charge in [0, 0.05) is 31.1 Å². The molecule has 1 aromatic carbocycles. The fourth-order valence-electron chi connectivity index (χ4n) is 3.38. The van der Waals surface area contributed by atoms with Crippen LogP contribution in [0.15, 0.2) is 24.5 Å². The highest BCUT2D eigenvalue weighted by molar-refractivity contribution is 5.95. The molecule has 0 unspecified atom stereocenters. The van der Waals surface area contributed by atoms with Gasteiger partial charge in [-0.1, -0.05) is 0 Å². The number of nitrogens with zero attached hydrogens (tertiary/aromatic N) is 3. The average Bonchev–Trinajstić information content (AvgIpc) is 2.85. The number of fused-ring (bicyclic) bond motifs is 2. The number of carbonyl (C=O) groups is 1. The number of benzene rings is 1. The molecule has 1 aromatic heterocycles. The van der Waals surface area contributed by atoms with Crippen molar-refractivity contribution < 1.29 is 19.4 Å². The van der Waals surface area contributed by atoms with Gasteiger partial charge >= 0.3 is 0 Å². The Kier molecular flexibility index (Phi) is 4.09. The van der Waals surface area contributed by atoms with Gasteiger partial charge in [-0.25, -0.2) is 4.98 Å². The molecule has 0 saturated heterocycles. The second-order valence-corrected chi connectivity index (χ2v) is 6.43. The largest absolute Gasteiger partial charge is 0.490 e. The first-order valence-electron chi connectivity index (χ1n) is 8.48. The van der Waals surface area contributed by atoms with E-state index in [9.17, 15) is 9.90 Å². The van der Waals surface area contributed by atoms with E-state index >= 15 is 0 Å².